The average Bonchev–Trinajstić information content (AvgIpc) is 3.22. The molecule has 2 heterocycles. The average molecular weight is 331 g/mol. The van der Waals surface area contributed by atoms with Crippen LogP contribution in [0.3, 0.4) is 0 Å². The molecule has 2 N–H and O–H groups in total. The molecule has 7 nitrogen and oxygen atoms in total. The van der Waals surface area contributed by atoms with Crippen molar-refractivity contribution >= 4 is 34.0 Å². The van der Waals surface area contributed by atoms with Crippen LogP contribution in [0.1, 0.15) is 33.7 Å². The highest BCUT2D eigenvalue weighted by molar-refractivity contribution is 7.14. The lowest BCUT2D eigenvalue weighted by molar-refractivity contribution is 0.0952. The van der Waals surface area contributed by atoms with Crippen LogP contribution in [0.5, 0.6) is 0 Å². The maximum absolute atomic E-state index is 12.3. The number of thiophene rings is 1. The van der Waals surface area contributed by atoms with E-state index in [-0.39, 0.29) is 23.6 Å². The summed E-state index contributed by atoms with van der Waals surface area (Å²) in [7, 11) is 3.69. The van der Waals surface area contributed by atoms with Crippen LogP contribution in [-0.4, -0.2) is 41.9 Å². The molecule has 2 amide bonds. The number of hydrogen-bond acceptors (Lipinski definition) is 6. The molecule has 0 atom stereocenters. The lowest BCUT2D eigenvalue weighted by Crippen LogP contribution is -2.26. The molecule has 0 aliphatic heterocycles. The molecule has 2 aromatic heterocycles. The number of nitrogens with zero attached hydrogens (tertiary/aromatic N) is 3. The highest BCUT2D eigenvalue weighted by Crippen LogP contribution is 2.26. The molecule has 1 aliphatic rings. The number of aromatic nitrogens is 2. The van der Waals surface area contributed by atoms with Gasteiger partial charge in [-0.3, -0.25) is 9.59 Å². The Morgan fingerprint density at radius 2 is 2.00 bits per heavy atom. The van der Waals surface area contributed by atoms with Crippen molar-refractivity contribution in [3.8, 4) is 0 Å². The maximum atomic E-state index is 12.3. The Morgan fingerprint density at radius 3 is 2.61 bits per heavy atom. The van der Waals surface area contributed by atoms with E-state index in [2.05, 4.69) is 20.6 Å². The summed E-state index contributed by atoms with van der Waals surface area (Å²) in [5.41, 5.74) is 0.686. The standard InChI is InChI=1S/C15H17N5O2S/c1-20(2)12-8-16-11(7-17-12)14(22)19-15-10(5-6-23-15)13(21)18-9-3-4-9/h5-9H,3-4H2,1-2H3,(H,18,21)(H,19,22). The number of carbonyl (C=O) groups is 2. The molecule has 23 heavy (non-hydrogen) atoms. The molecule has 0 radical (unpaired) electrons. The minimum atomic E-state index is -0.384. The molecular formula is C15H17N5O2S. The van der Waals surface area contributed by atoms with E-state index in [1.807, 2.05) is 14.1 Å². The van der Waals surface area contributed by atoms with Gasteiger partial charge in [-0.05, 0) is 24.3 Å². The Labute approximate surface area is 137 Å². The molecule has 1 saturated carbocycles. The van der Waals surface area contributed by atoms with Crippen LogP contribution in [0.25, 0.3) is 0 Å². The Hall–Kier alpha value is -2.48. The third-order valence-corrected chi connectivity index (χ3v) is 4.21. The molecule has 2 aromatic rings. The summed E-state index contributed by atoms with van der Waals surface area (Å²) in [6.45, 7) is 0. The van der Waals surface area contributed by atoms with Crippen molar-refractivity contribution in [2.24, 2.45) is 0 Å². The van der Waals surface area contributed by atoms with Gasteiger partial charge < -0.3 is 15.5 Å². The van der Waals surface area contributed by atoms with E-state index in [0.717, 1.165) is 12.8 Å². The number of anilines is 2. The van der Waals surface area contributed by atoms with Gasteiger partial charge in [0.05, 0.1) is 18.0 Å². The van der Waals surface area contributed by atoms with Crippen LogP contribution in [0.15, 0.2) is 23.8 Å². The van der Waals surface area contributed by atoms with Gasteiger partial charge in [0.1, 0.15) is 16.5 Å². The molecule has 1 fully saturated rings. The third-order valence-electron chi connectivity index (χ3n) is 3.38. The van der Waals surface area contributed by atoms with E-state index >= 15 is 0 Å². The Bertz CT molecular complexity index is 722. The summed E-state index contributed by atoms with van der Waals surface area (Å²) < 4.78 is 0. The first-order valence-electron chi connectivity index (χ1n) is 7.23. The topological polar surface area (TPSA) is 87.2 Å². The van der Waals surface area contributed by atoms with E-state index in [1.54, 1.807) is 16.3 Å². The van der Waals surface area contributed by atoms with E-state index in [9.17, 15) is 9.59 Å². The van der Waals surface area contributed by atoms with Gasteiger partial charge in [-0.1, -0.05) is 0 Å². The van der Waals surface area contributed by atoms with Crippen molar-refractivity contribution in [2.75, 3.05) is 24.3 Å². The summed E-state index contributed by atoms with van der Waals surface area (Å²) >= 11 is 1.31. The smallest absolute Gasteiger partial charge is 0.276 e. The van der Waals surface area contributed by atoms with Gasteiger partial charge in [0.15, 0.2) is 0 Å². The minimum Gasteiger partial charge on any atom is -0.361 e. The summed E-state index contributed by atoms with van der Waals surface area (Å²) in [6, 6.07) is 1.98. The summed E-state index contributed by atoms with van der Waals surface area (Å²) in [5, 5.41) is 7.94. The SMILES string of the molecule is CN(C)c1cnc(C(=O)Nc2sccc2C(=O)NC2CC2)cn1. The molecule has 0 aromatic carbocycles. The third kappa shape index (κ3) is 3.65. The lowest BCUT2D eigenvalue weighted by Gasteiger charge is -2.10. The minimum absolute atomic E-state index is 0.155. The number of carbonyl (C=O) groups excluding carboxylic acids is 2. The lowest BCUT2D eigenvalue weighted by atomic mass is 10.3. The fraction of sp³-hybridized carbons (Fsp3) is 0.333. The second kappa shape index (κ2) is 6.33. The second-order valence-corrected chi connectivity index (χ2v) is 6.44. The molecule has 120 valence electrons. The largest absolute Gasteiger partial charge is 0.361 e. The highest BCUT2D eigenvalue weighted by atomic mass is 32.1. The molecule has 0 bridgehead atoms. The fourth-order valence-electron chi connectivity index (χ4n) is 1.91. The Kier molecular flexibility index (Phi) is 4.24. The van der Waals surface area contributed by atoms with Crippen molar-refractivity contribution in [1.29, 1.82) is 0 Å². The van der Waals surface area contributed by atoms with E-state index in [0.29, 0.717) is 16.4 Å². The predicted octanol–water partition coefficient (Wildman–Crippen LogP) is 1.75. The highest BCUT2D eigenvalue weighted by Gasteiger charge is 2.25. The van der Waals surface area contributed by atoms with Gasteiger partial charge in [-0.2, -0.15) is 0 Å². The van der Waals surface area contributed by atoms with Gasteiger partial charge in [0.25, 0.3) is 11.8 Å². The monoisotopic (exact) mass is 331 g/mol. The normalized spacial score (nSPS) is 13.5. The maximum Gasteiger partial charge on any atom is 0.276 e. The zero-order valence-electron chi connectivity index (χ0n) is 12.9. The number of hydrogen-bond donors (Lipinski definition) is 2. The molecule has 0 unspecified atom stereocenters. The molecule has 1 aliphatic carbocycles. The Morgan fingerprint density at radius 1 is 1.22 bits per heavy atom. The van der Waals surface area contributed by atoms with E-state index in [1.165, 1.54) is 23.7 Å². The summed E-state index contributed by atoms with van der Waals surface area (Å²) in [4.78, 5) is 34.4. The van der Waals surface area contributed by atoms with Crippen LogP contribution in [0.2, 0.25) is 0 Å². The number of amides is 2. The van der Waals surface area contributed by atoms with E-state index in [4.69, 9.17) is 0 Å². The molecular weight excluding hydrogens is 314 g/mol. The van der Waals surface area contributed by atoms with Crippen LogP contribution in [0.4, 0.5) is 10.8 Å². The van der Waals surface area contributed by atoms with Crippen molar-refractivity contribution in [2.45, 2.75) is 18.9 Å². The van der Waals surface area contributed by atoms with Crippen molar-refractivity contribution in [3.63, 3.8) is 0 Å². The first-order chi connectivity index (χ1) is 11.0. The zero-order valence-corrected chi connectivity index (χ0v) is 13.7. The molecule has 0 spiro atoms. The number of rotatable bonds is 5. The van der Waals surface area contributed by atoms with Crippen molar-refractivity contribution < 1.29 is 9.59 Å². The molecule has 0 saturated heterocycles. The molecule has 3 rings (SSSR count). The van der Waals surface area contributed by atoms with Crippen LogP contribution in [-0.2, 0) is 0 Å². The van der Waals surface area contributed by atoms with Gasteiger partial charge in [-0.15, -0.1) is 11.3 Å². The Balaban J connectivity index is 1.70. The first-order valence-corrected chi connectivity index (χ1v) is 8.11. The zero-order chi connectivity index (χ0) is 16.4. The first kappa shape index (κ1) is 15.4. The van der Waals surface area contributed by atoms with Crippen LogP contribution in [0, 0.1) is 0 Å². The summed E-state index contributed by atoms with van der Waals surface area (Å²) in [6.07, 6.45) is 4.99. The van der Waals surface area contributed by atoms with Gasteiger partial charge in [-0.25, -0.2) is 9.97 Å². The van der Waals surface area contributed by atoms with E-state index < -0.39 is 0 Å². The molecule has 8 heteroatoms. The van der Waals surface area contributed by atoms with Crippen LogP contribution >= 0.6 is 11.3 Å². The summed E-state index contributed by atoms with van der Waals surface area (Å²) in [5.74, 6) is 0.131. The number of nitrogens with one attached hydrogen (secondary N) is 2. The predicted molar refractivity (Wildman–Crippen MR) is 89.1 cm³/mol. The van der Waals surface area contributed by atoms with Crippen molar-refractivity contribution in [1.82, 2.24) is 15.3 Å². The quantitative estimate of drug-likeness (QED) is 0.871. The second-order valence-electron chi connectivity index (χ2n) is 5.52. The fourth-order valence-corrected chi connectivity index (χ4v) is 2.69. The van der Waals surface area contributed by atoms with Gasteiger partial charge in [0.2, 0.25) is 0 Å². The van der Waals surface area contributed by atoms with Gasteiger partial charge in [0, 0.05) is 20.1 Å². The van der Waals surface area contributed by atoms with Gasteiger partial charge >= 0.3 is 0 Å². The van der Waals surface area contributed by atoms with Crippen LogP contribution < -0.4 is 15.5 Å². The van der Waals surface area contributed by atoms with Crippen molar-refractivity contribution in [3.05, 3.63) is 35.1 Å².